The number of rotatable bonds is 3. The zero-order valence-corrected chi connectivity index (χ0v) is 13.4. The van der Waals surface area contributed by atoms with Crippen LogP contribution in [0, 0.1) is 0 Å². The molecule has 2 aromatic rings. The number of halogens is 1. The van der Waals surface area contributed by atoms with Crippen molar-refractivity contribution in [3.8, 4) is 0 Å². The Morgan fingerprint density at radius 3 is 2.43 bits per heavy atom. The van der Waals surface area contributed by atoms with Crippen molar-refractivity contribution < 1.29 is 9.53 Å². The first-order valence-electron chi connectivity index (χ1n) is 7.26. The molecule has 1 aliphatic heterocycles. The quantitative estimate of drug-likeness (QED) is 0.777. The van der Waals surface area contributed by atoms with Gasteiger partial charge in [-0.15, -0.1) is 0 Å². The van der Waals surface area contributed by atoms with Gasteiger partial charge in [0, 0.05) is 16.9 Å². The molecule has 0 saturated heterocycles. The molecule has 0 spiro atoms. The summed E-state index contributed by atoms with van der Waals surface area (Å²) >= 11 is 5.98. The van der Waals surface area contributed by atoms with Crippen molar-refractivity contribution in [2.75, 3.05) is 12.0 Å². The Bertz CT molecular complexity index is 751. The first kappa shape index (κ1) is 15.4. The van der Waals surface area contributed by atoms with Crippen molar-refractivity contribution in [2.24, 2.45) is 0 Å². The maximum Gasteiger partial charge on any atom is 0.339 e. The van der Waals surface area contributed by atoms with Crippen LogP contribution >= 0.6 is 11.6 Å². The molecule has 23 heavy (non-hydrogen) atoms. The van der Waals surface area contributed by atoms with Crippen LogP contribution in [0.4, 0.5) is 5.69 Å². The van der Waals surface area contributed by atoms with Crippen molar-refractivity contribution in [3.05, 3.63) is 89.1 Å². The fourth-order valence-electron chi connectivity index (χ4n) is 2.57. The van der Waals surface area contributed by atoms with E-state index in [1.807, 2.05) is 59.6 Å². The molecular weight excluding hydrogens is 310 g/mol. The Labute approximate surface area is 140 Å². The van der Waals surface area contributed by atoms with Gasteiger partial charge in [0.25, 0.3) is 0 Å². The molecule has 0 amide bonds. The van der Waals surface area contributed by atoms with Gasteiger partial charge < -0.3 is 9.64 Å². The summed E-state index contributed by atoms with van der Waals surface area (Å²) < 4.78 is 4.83. The van der Waals surface area contributed by atoms with E-state index >= 15 is 0 Å². The SMILES string of the molecule is COC(=O)C1=CN(c2ccc(Cl)cc2)C(c2ccccc2)C=C1. The Kier molecular flexibility index (Phi) is 4.49. The van der Waals surface area contributed by atoms with Crippen molar-refractivity contribution in [1.29, 1.82) is 0 Å². The highest BCUT2D eigenvalue weighted by molar-refractivity contribution is 6.30. The van der Waals surface area contributed by atoms with Gasteiger partial charge in [-0.1, -0.05) is 48.0 Å². The predicted octanol–water partition coefficient (Wildman–Crippen LogP) is 4.51. The number of carbonyl (C=O) groups is 1. The van der Waals surface area contributed by atoms with E-state index in [0.29, 0.717) is 10.6 Å². The van der Waals surface area contributed by atoms with Gasteiger partial charge in [0.05, 0.1) is 18.7 Å². The lowest BCUT2D eigenvalue weighted by Gasteiger charge is -2.32. The molecule has 0 radical (unpaired) electrons. The summed E-state index contributed by atoms with van der Waals surface area (Å²) in [7, 11) is 1.38. The van der Waals surface area contributed by atoms with Gasteiger partial charge in [0.15, 0.2) is 0 Å². The van der Waals surface area contributed by atoms with E-state index in [4.69, 9.17) is 16.3 Å². The summed E-state index contributed by atoms with van der Waals surface area (Å²) in [5, 5.41) is 0.676. The normalized spacial score (nSPS) is 16.9. The summed E-state index contributed by atoms with van der Waals surface area (Å²) in [6.45, 7) is 0. The summed E-state index contributed by atoms with van der Waals surface area (Å²) in [4.78, 5) is 13.9. The molecule has 0 fully saturated rings. The molecule has 0 aliphatic carbocycles. The molecule has 0 N–H and O–H groups in total. The first-order valence-corrected chi connectivity index (χ1v) is 7.64. The zero-order chi connectivity index (χ0) is 16.2. The zero-order valence-electron chi connectivity index (χ0n) is 12.6. The highest BCUT2D eigenvalue weighted by Crippen LogP contribution is 2.33. The molecule has 0 saturated carbocycles. The van der Waals surface area contributed by atoms with Crippen LogP contribution in [0.5, 0.6) is 0 Å². The number of methoxy groups -OCH3 is 1. The van der Waals surface area contributed by atoms with Crippen LogP contribution in [0.15, 0.2) is 78.5 Å². The van der Waals surface area contributed by atoms with E-state index in [2.05, 4.69) is 12.1 Å². The molecule has 1 unspecified atom stereocenters. The Balaban J connectivity index is 2.03. The van der Waals surface area contributed by atoms with Crippen LogP contribution in [0.1, 0.15) is 11.6 Å². The Morgan fingerprint density at radius 2 is 1.78 bits per heavy atom. The van der Waals surface area contributed by atoms with Gasteiger partial charge in [-0.2, -0.15) is 0 Å². The molecule has 3 nitrogen and oxygen atoms in total. The standard InChI is InChI=1S/C19H16ClNO2/c1-23-19(22)15-7-12-18(14-5-3-2-4-6-14)21(13-15)17-10-8-16(20)9-11-17/h2-13,18H,1H3. The van der Waals surface area contributed by atoms with Crippen LogP contribution < -0.4 is 4.90 Å². The lowest BCUT2D eigenvalue weighted by Crippen LogP contribution is -2.26. The molecule has 1 heterocycles. The highest BCUT2D eigenvalue weighted by atomic mass is 35.5. The molecule has 3 rings (SSSR count). The number of anilines is 1. The molecule has 116 valence electrons. The number of hydrogen-bond donors (Lipinski definition) is 0. The second-order valence-electron chi connectivity index (χ2n) is 5.17. The van der Waals surface area contributed by atoms with Crippen LogP contribution in [0.2, 0.25) is 5.02 Å². The maximum atomic E-state index is 11.9. The minimum absolute atomic E-state index is 0.00535. The van der Waals surface area contributed by atoms with E-state index in [9.17, 15) is 4.79 Å². The second kappa shape index (κ2) is 6.71. The number of carbonyl (C=O) groups excluding carboxylic acids is 1. The highest BCUT2D eigenvalue weighted by Gasteiger charge is 2.23. The monoisotopic (exact) mass is 325 g/mol. The van der Waals surface area contributed by atoms with Crippen LogP contribution in [-0.2, 0) is 9.53 Å². The van der Waals surface area contributed by atoms with Gasteiger partial charge in [0.2, 0.25) is 0 Å². The summed E-state index contributed by atoms with van der Waals surface area (Å²) in [6.07, 6.45) is 5.61. The summed E-state index contributed by atoms with van der Waals surface area (Å²) in [5.74, 6) is -0.355. The van der Waals surface area contributed by atoms with E-state index < -0.39 is 0 Å². The van der Waals surface area contributed by atoms with Crippen molar-refractivity contribution >= 4 is 23.3 Å². The molecule has 2 aromatic carbocycles. The Morgan fingerprint density at radius 1 is 1.09 bits per heavy atom. The molecule has 1 aliphatic rings. The van der Waals surface area contributed by atoms with Crippen LogP contribution in [-0.4, -0.2) is 13.1 Å². The maximum absolute atomic E-state index is 11.9. The van der Waals surface area contributed by atoms with Crippen LogP contribution in [0.25, 0.3) is 0 Å². The van der Waals surface area contributed by atoms with Gasteiger partial charge >= 0.3 is 5.97 Å². The third-order valence-corrected chi connectivity index (χ3v) is 3.97. The largest absolute Gasteiger partial charge is 0.465 e. The lowest BCUT2D eigenvalue weighted by atomic mass is 10.00. The molecule has 0 bridgehead atoms. The van der Waals surface area contributed by atoms with E-state index in [1.165, 1.54) is 7.11 Å². The third-order valence-electron chi connectivity index (χ3n) is 3.72. The molecule has 0 aromatic heterocycles. The number of benzene rings is 2. The van der Waals surface area contributed by atoms with Crippen molar-refractivity contribution in [1.82, 2.24) is 0 Å². The smallest absolute Gasteiger partial charge is 0.339 e. The van der Waals surface area contributed by atoms with Crippen LogP contribution in [0.3, 0.4) is 0 Å². The van der Waals surface area contributed by atoms with Gasteiger partial charge in [-0.05, 0) is 35.9 Å². The summed E-state index contributed by atoms with van der Waals surface area (Å²) in [5.41, 5.74) is 2.60. The Hall–Kier alpha value is -2.52. The predicted molar refractivity (Wildman–Crippen MR) is 92.4 cm³/mol. The van der Waals surface area contributed by atoms with Gasteiger partial charge in [-0.3, -0.25) is 0 Å². The summed E-state index contributed by atoms with van der Waals surface area (Å²) in [6, 6.07) is 17.7. The van der Waals surface area contributed by atoms with Crippen molar-refractivity contribution in [2.45, 2.75) is 6.04 Å². The van der Waals surface area contributed by atoms with E-state index in [-0.39, 0.29) is 12.0 Å². The fourth-order valence-corrected chi connectivity index (χ4v) is 2.70. The average Bonchev–Trinajstić information content (AvgIpc) is 2.62. The number of esters is 1. The number of nitrogens with zero attached hydrogens (tertiary/aromatic N) is 1. The number of ether oxygens (including phenoxy) is 1. The topological polar surface area (TPSA) is 29.5 Å². The lowest BCUT2D eigenvalue weighted by molar-refractivity contribution is -0.135. The minimum atomic E-state index is -0.355. The molecular formula is C19H16ClNO2. The number of hydrogen-bond acceptors (Lipinski definition) is 3. The fraction of sp³-hybridized carbons (Fsp3) is 0.105. The van der Waals surface area contributed by atoms with E-state index in [1.54, 1.807) is 6.08 Å². The third kappa shape index (κ3) is 3.30. The minimum Gasteiger partial charge on any atom is -0.465 e. The van der Waals surface area contributed by atoms with Crippen molar-refractivity contribution in [3.63, 3.8) is 0 Å². The molecule has 4 heteroatoms. The second-order valence-corrected chi connectivity index (χ2v) is 5.61. The van der Waals surface area contributed by atoms with Gasteiger partial charge in [-0.25, -0.2) is 4.79 Å². The van der Waals surface area contributed by atoms with Gasteiger partial charge in [0.1, 0.15) is 0 Å². The molecule has 1 atom stereocenters. The average molecular weight is 326 g/mol. The first-order chi connectivity index (χ1) is 11.2. The van der Waals surface area contributed by atoms with E-state index in [0.717, 1.165) is 11.3 Å².